The molecule has 3 N–H and O–H groups in total. The average Bonchev–Trinajstić information content (AvgIpc) is 2.18. The smallest absolute Gasteiger partial charge is 0.322 e. The fourth-order valence-corrected chi connectivity index (χ4v) is 1.64. The van der Waals surface area contributed by atoms with Crippen molar-refractivity contribution in [3.8, 4) is 0 Å². The molecule has 0 spiro atoms. The van der Waals surface area contributed by atoms with Gasteiger partial charge in [0.25, 0.3) is 0 Å². The van der Waals surface area contributed by atoms with Gasteiger partial charge < -0.3 is 15.6 Å². The second-order valence-electron chi connectivity index (χ2n) is 4.07. The van der Waals surface area contributed by atoms with Crippen molar-refractivity contribution in [2.45, 2.75) is 25.4 Å². The summed E-state index contributed by atoms with van der Waals surface area (Å²) in [6, 6.07) is -0.861. The predicted octanol–water partition coefficient (Wildman–Crippen LogP) is -0.491. The molecule has 1 rings (SSSR count). The lowest BCUT2D eigenvalue weighted by Gasteiger charge is -2.42. The van der Waals surface area contributed by atoms with Crippen LogP contribution in [0.5, 0.6) is 0 Å². The molecule has 14 heavy (non-hydrogen) atoms. The third-order valence-corrected chi connectivity index (χ3v) is 2.85. The molecule has 0 bridgehead atoms. The van der Waals surface area contributed by atoms with Crippen molar-refractivity contribution >= 4 is 5.97 Å². The van der Waals surface area contributed by atoms with E-state index in [0.717, 1.165) is 13.1 Å². The standard InChI is InChI=1S/C9H18N2O3/c1-9(2,7(10)8(12)13)11-3-5-14-6-4-11/h7H,3-6,10H2,1-2H3,(H,12,13). The van der Waals surface area contributed by atoms with Gasteiger partial charge in [0.1, 0.15) is 6.04 Å². The fourth-order valence-electron chi connectivity index (χ4n) is 1.64. The molecule has 1 fully saturated rings. The Labute approximate surface area is 83.8 Å². The Morgan fingerprint density at radius 3 is 2.43 bits per heavy atom. The molecule has 0 amide bonds. The van der Waals surface area contributed by atoms with Crippen LogP contribution in [-0.2, 0) is 9.53 Å². The first-order chi connectivity index (χ1) is 6.46. The number of ether oxygens (including phenoxy) is 1. The first-order valence-electron chi connectivity index (χ1n) is 4.77. The van der Waals surface area contributed by atoms with E-state index in [2.05, 4.69) is 4.90 Å². The van der Waals surface area contributed by atoms with Gasteiger partial charge in [-0.05, 0) is 13.8 Å². The van der Waals surface area contributed by atoms with Crippen molar-refractivity contribution in [2.75, 3.05) is 26.3 Å². The molecule has 0 aromatic carbocycles. The topological polar surface area (TPSA) is 75.8 Å². The van der Waals surface area contributed by atoms with Crippen LogP contribution in [0.1, 0.15) is 13.8 Å². The maximum absolute atomic E-state index is 10.8. The number of aliphatic carboxylic acids is 1. The average molecular weight is 202 g/mol. The Bertz CT molecular complexity index is 212. The van der Waals surface area contributed by atoms with Crippen LogP contribution in [0.15, 0.2) is 0 Å². The van der Waals surface area contributed by atoms with E-state index in [4.69, 9.17) is 15.6 Å². The van der Waals surface area contributed by atoms with Crippen LogP contribution < -0.4 is 5.73 Å². The van der Waals surface area contributed by atoms with Crippen LogP contribution in [0.4, 0.5) is 0 Å². The van der Waals surface area contributed by atoms with E-state index in [0.29, 0.717) is 13.2 Å². The molecular formula is C9H18N2O3. The summed E-state index contributed by atoms with van der Waals surface area (Å²) in [6.45, 7) is 6.50. The number of morpholine rings is 1. The van der Waals surface area contributed by atoms with Crippen molar-refractivity contribution in [2.24, 2.45) is 5.73 Å². The molecule has 0 aliphatic carbocycles. The summed E-state index contributed by atoms with van der Waals surface area (Å²) in [5, 5.41) is 8.87. The van der Waals surface area contributed by atoms with Crippen LogP contribution in [0.3, 0.4) is 0 Å². The molecule has 5 nitrogen and oxygen atoms in total. The summed E-state index contributed by atoms with van der Waals surface area (Å²) in [5.74, 6) is -0.957. The van der Waals surface area contributed by atoms with Crippen LogP contribution in [-0.4, -0.2) is 53.9 Å². The summed E-state index contributed by atoms with van der Waals surface area (Å²) in [5.41, 5.74) is 5.12. The third-order valence-electron chi connectivity index (χ3n) is 2.85. The van der Waals surface area contributed by atoms with Gasteiger partial charge in [0.05, 0.1) is 13.2 Å². The van der Waals surface area contributed by atoms with Crippen molar-refractivity contribution < 1.29 is 14.6 Å². The first-order valence-corrected chi connectivity index (χ1v) is 4.77. The zero-order valence-corrected chi connectivity index (χ0v) is 8.69. The Morgan fingerprint density at radius 2 is 2.00 bits per heavy atom. The lowest BCUT2D eigenvalue weighted by atomic mass is 9.92. The van der Waals surface area contributed by atoms with Gasteiger partial charge in [0.2, 0.25) is 0 Å². The Balaban J connectivity index is 2.66. The van der Waals surface area contributed by atoms with Crippen molar-refractivity contribution in [3.05, 3.63) is 0 Å². The minimum Gasteiger partial charge on any atom is -0.480 e. The van der Waals surface area contributed by atoms with E-state index in [-0.39, 0.29) is 0 Å². The Hall–Kier alpha value is -0.650. The maximum atomic E-state index is 10.8. The van der Waals surface area contributed by atoms with E-state index in [1.165, 1.54) is 0 Å². The molecule has 1 aliphatic heterocycles. The van der Waals surface area contributed by atoms with Crippen molar-refractivity contribution in [1.29, 1.82) is 0 Å². The monoisotopic (exact) mass is 202 g/mol. The first kappa shape index (κ1) is 11.4. The van der Waals surface area contributed by atoms with E-state index < -0.39 is 17.6 Å². The van der Waals surface area contributed by atoms with E-state index in [9.17, 15) is 4.79 Å². The lowest BCUT2D eigenvalue weighted by molar-refractivity contribution is -0.143. The SMILES string of the molecule is CC(C)(C(N)C(=O)O)N1CCOCC1. The Kier molecular flexibility index (Phi) is 3.47. The minimum absolute atomic E-state index is 0.518. The molecule has 5 heteroatoms. The summed E-state index contributed by atoms with van der Waals surface area (Å²) >= 11 is 0. The van der Waals surface area contributed by atoms with Gasteiger partial charge >= 0.3 is 5.97 Å². The second-order valence-corrected chi connectivity index (χ2v) is 4.07. The zero-order valence-electron chi connectivity index (χ0n) is 8.69. The van der Waals surface area contributed by atoms with E-state index >= 15 is 0 Å². The van der Waals surface area contributed by atoms with Gasteiger partial charge in [-0.1, -0.05) is 0 Å². The van der Waals surface area contributed by atoms with Gasteiger partial charge in [0, 0.05) is 18.6 Å². The summed E-state index contributed by atoms with van der Waals surface area (Å²) in [4.78, 5) is 12.9. The molecule has 0 aromatic rings. The normalized spacial score (nSPS) is 21.9. The predicted molar refractivity (Wildman–Crippen MR) is 52.1 cm³/mol. The number of carboxylic acid groups (broad SMARTS) is 1. The highest BCUT2D eigenvalue weighted by atomic mass is 16.5. The molecule has 1 unspecified atom stereocenters. The number of carbonyl (C=O) groups is 1. The van der Waals surface area contributed by atoms with Gasteiger partial charge in [-0.15, -0.1) is 0 Å². The molecule has 1 heterocycles. The molecule has 0 saturated carbocycles. The van der Waals surface area contributed by atoms with E-state index in [1.54, 1.807) is 0 Å². The quantitative estimate of drug-likeness (QED) is 0.646. The van der Waals surface area contributed by atoms with E-state index in [1.807, 2.05) is 13.8 Å². The molecule has 82 valence electrons. The summed E-state index contributed by atoms with van der Waals surface area (Å²) < 4.78 is 5.21. The molecular weight excluding hydrogens is 184 g/mol. The maximum Gasteiger partial charge on any atom is 0.322 e. The number of nitrogens with zero attached hydrogens (tertiary/aromatic N) is 1. The van der Waals surface area contributed by atoms with Gasteiger partial charge in [-0.2, -0.15) is 0 Å². The summed E-state index contributed by atoms with van der Waals surface area (Å²) in [6.07, 6.45) is 0. The molecule has 0 aromatic heterocycles. The molecule has 0 radical (unpaired) electrons. The van der Waals surface area contributed by atoms with Crippen LogP contribution >= 0.6 is 0 Å². The zero-order chi connectivity index (χ0) is 10.8. The molecule has 1 saturated heterocycles. The van der Waals surface area contributed by atoms with Gasteiger partial charge in [-0.3, -0.25) is 9.69 Å². The molecule has 1 atom stereocenters. The third kappa shape index (κ3) is 2.23. The number of carboxylic acids is 1. The number of hydrogen-bond acceptors (Lipinski definition) is 4. The highest BCUT2D eigenvalue weighted by Crippen LogP contribution is 2.19. The lowest BCUT2D eigenvalue weighted by Crippen LogP contribution is -2.61. The molecule has 1 aliphatic rings. The Morgan fingerprint density at radius 1 is 1.50 bits per heavy atom. The van der Waals surface area contributed by atoms with Crippen molar-refractivity contribution in [3.63, 3.8) is 0 Å². The largest absolute Gasteiger partial charge is 0.480 e. The number of nitrogens with two attached hydrogens (primary N) is 1. The van der Waals surface area contributed by atoms with Crippen molar-refractivity contribution in [1.82, 2.24) is 4.90 Å². The van der Waals surface area contributed by atoms with Crippen LogP contribution in [0.2, 0.25) is 0 Å². The minimum atomic E-state index is -0.957. The number of hydrogen-bond donors (Lipinski definition) is 2. The number of rotatable bonds is 3. The van der Waals surface area contributed by atoms with Gasteiger partial charge in [0.15, 0.2) is 0 Å². The van der Waals surface area contributed by atoms with Gasteiger partial charge in [-0.25, -0.2) is 0 Å². The highest BCUT2D eigenvalue weighted by molar-refractivity contribution is 5.75. The van der Waals surface area contributed by atoms with Crippen LogP contribution in [0, 0.1) is 0 Å². The summed E-state index contributed by atoms with van der Waals surface area (Å²) in [7, 11) is 0. The highest BCUT2D eigenvalue weighted by Gasteiger charge is 2.38. The second kappa shape index (κ2) is 4.25. The van der Waals surface area contributed by atoms with Crippen LogP contribution in [0.25, 0.3) is 0 Å². The fraction of sp³-hybridized carbons (Fsp3) is 0.889.